The topological polar surface area (TPSA) is 99.2 Å². The van der Waals surface area contributed by atoms with Crippen LogP contribution >= 0.6 is 11.6 Å². The average Bonchev–Trinajstić information content (AvgIpc) is 2.94. The number of nitrogens with zero attached hydrogens (tertiary/aromatic N) is 5. The molecule has 0 fully saturated rings. The maximum atomic E-state index is 13.0. The Bertz CT molecular complexity index is 1360. The van der Waals surface area contributed by atoms with Crippen LogP contribution in [0.15, 0.2) is 33.9 Å². The molecule has 3 aromatic rings. The van der Waals surface area contributed by atoms with E-state index in [1.54, 1.807) is 0 Å². The summed E-state index contributed by atoms with van der Waals surface area (Å²) in [6, 6.07) is 3.97. The largest absolute Gasteiger partial charge is 0.431 e. The average molecular weight is 452 g/mol. The van der Waals surface area contributed by atoms with E-state index < -0.39 is 33.3 Å². The Morgan fingerprint density at radius 2 is 1.76 bits per heavy atom. The van der Waals surface area contributed by atoms with Crippen LogP contribution in [0, 0.1) is 0 Å². The Hall–Kier alpha value is -2.64. The van der Waals surface area contributed by atoms with Crippen molar-refractivity contribution in [1.29, 1.82) is 0 Å². The van der Waals surface area contributed by atoms with Gasteiger partial charge in [0.2, 0.25) is 0 Å². The van der Waals surface area contributed by atoms with E-state index in [9.17, 15) is 31.2 Å². The van der Waals surface area contributed by atoms with Crippen molar-refractivity contribution in [3.8, 4) is 5.69 Å². The molecule has 2 heterocycles. The summed E-state index contributed by atoms with van der Waals surface area (Å²) in [6.07, 6.45) is -4.90. The molecular formula is C15H13ClF3N5O4S. The molecule has 2 aromatic heterocycles. The standard InChI is InChI=1S/C15H13ClF3N5O4S/c1-21(2)29(27,28)24-10-6-8(4-5-9(10)13(16)20-24)23-12(25)7-11(15(17,18)19)22(3)14(23)26/h4-7H,1-3H3. The van der Waals surface area contributed by atoms with Crippen molar-refractivity contribution >= 4 is 32.7 Å². The third-order valence-corrected chi connectivity index (χ3v) is 6.05. The predicted molar refractivity (Wildman–Crippen MR) is 98.6 cm³/mol. The number of fused-ring (bicyclic) bond motifs is 1. The number of hydrogen-bond donors (Lipinski definition) is 0. The van der Waals surface area contributed by atoms with Crippen molar-refractivity contribution < 1.29 is 21.6 Å². The fourth-order valence-corrected chi connectivity index (χ4v) is 3.82. The lowest BCUT2D eigenvalue weighted by atomic mass is 10.2. The van der Waals surface area contributed by atoms with E-state index in [2.05, 4.69) is 5.10 Å². The lowest BCUT2D eigenvalue weighted by Crippen LogP contribution is -2.40. The molecule has 0 saturated heterocycles. The molecule has 0 N–H and O–H groups in total. The molecule has 0 aliphatic rings. The van der Waals surface area contributed by atoms with Gasteiger partial charge in [0.15, 0.2) is 5.15 Å². The molecule has 0 aliphatic carbocycles. The highest BCUT2D eigenvalue weighted by Gasteiger charge is 2.35. The summed E-state index contributed by atoms with van der Waals surface area (Å²) < 4.78 is 66.2. The quantitative estimate of drug-likeness (QED) is 0.596. The van der Waals surface area contributed by atoms with Crippen LogP contribution in [0.2, 0.25) is 5.15 Å². The summed E-state index contributed by atoms with van der Waals surface area (Å²) in [7, 11) is -0.708. The highest BCUT2D eigenvalue weighted by molar-refractivity contribution is 7.87. The van der Waals surface area contributed by atoms with Gasteiger partial charge in [-0.15, -0.1) is 9.19 Å². The van der Waals surface area contributed by atoms with Gasteiger partial charge in [-0.05, 0) is 18.2 Å². The van der Waals surface area contributed by atoms with Gasteiger partial charge >= 0.3 is 22.1 Å². The van der Waals surface area contributed by atoms with Crippen molar-refractivity contribution in [3.05, 3.63) is 56.0 Å². The molecule has 3 rings (SSSR count). The van der Waals surface area contributed by atoms with Crippen molar-refractivity contribution in [3.63, 3.8) is 0 Å². The van der Waals surface area contributed by atoms with Gasteiger partial charge in [-0.1, -0.05) is 11.6 Å². The highest BCUT2D eigenvalue weighted by atomic mass is 35.5. The molecule has 0 spiro atoms. The van der Waals surface area contributed by atoms with Crippen LogP contribution in [0.5, 0.6) is 0 Å². The molecule has 0 aliphatic heterocycles. The molecule has 0 radical (unpaired) electrons. The Labute approximate surface area is 166 Å². The van der Waals surface area contributed by atoms with Crippen LogP contribution in [0.3, 0.4) is 0 Å². The fraction of sp³-hybridized carbons (Fsp3) is 0.267. The summed E-state index contributed by atoms with van der Waals surface area (Å²) in [6.45, 7) is 0. The Balaban J connectivity index is 2.35. The van der Waals surface area contributed by atoms with Crippen molar-refractivity contribution in [2.75, 3.05) is 14.1 Å². The summed E-state index contributed by atoms with van der Waals surface area (Å²) in [4.78, 5) is 24.7. The van der Waals surface area contributed by atoms with E-state index >= 15 is 0 Å². The SMILES string of the molecule is CN(C)S(=O)(=O)n1nc(Cl)c2ccc(-n3c(=O)cc(C(F)(F)F)n(C)c3=O)cc21. The minimum Gasteiger partial charge on any atom is -0.292 e. The summed E-state index contributed by atoms with van der Waals surface area (Å²) in [5, 5.41) is 3.82. The highest BCUT2D eigenvalue weighted by Crippen LogP contribution is 2.28. The summed E-state index contributed by atoms with van der Waals surface area (Å²) in [5.74, 6) is 0. The van der Waals surface area contributed by atoms with E-state index in [1.807, 2.05) is 0 Å². The van der Waals surface area contributed by atoms with E-state index in [-0.39, 0.29) is 32.4 Å². The van der Waals surface area contributed by atoms with E-state index in [1.165, 1.54) is 26.2 Å². The van der Waals surface area contributed by atoms with Crippen LogP contribution in [0.4, 0.5) is 13.2 Å². The van der Waals surface area contributed by atoms with E-state index in [4.69, 9.17) is 11.6 Å². The second kappa shape index (κ2) is 6.71. The Kier molecular flexibility index (Phi) is 4.88. The second-order valence-electron chi connectivity index (χ2n) is 6.17. The normalized spacial score (nSPS) is 12.8. The zero-order valence-electron chi connectivity index (χ0n) is 15.1. The molecule has 0 amide bonds. The second-order valence-corrected chi connectivity index (χ2v) is 8.50. The first kappa shape index (κ1) is 21.1. The van der Waals surface area contributed by atoms with Crippen LogP contribution in [0.25, 0.3) is 16.6 Å². The number of aromatic nitrogens is 4. The van der Waals surface area contributed by atoms with Gasteiger partial charge in [0.1, 0.15) is 5.69 Å². The first-order valence-electron chi connectivity index (χ1n) is 7.78. The number of halogens is 4. The predicted octanol–water partition coefficient (Wildman–Crippen LogP) is 1.21. The number of benzene rings is 1. The zero-order valence-corrected chi connectivity index (χ0v) is 16.7. The number of hydrogen-bond acceptors (Lipinski definition) is 5. The van der Waals surface area contributed by atoms with Gasteiger partial charge in [0.25, 0.3) is 5.56 Å². The third-order valence-electron chi connectivity index (χ3n) is 4.14. The molecule has 14 heteroatoms. The molecule has 0 saturated carbocycles. The van der Waals surface area contributed by atoms with Crippen molar-refractivity contribution in [2.45, 2.75) is 6.18 Å². The maximum absolute atomic E-state index is 13.0. The zero-order chi connectivity index (χ0) is 21.9. The Morgan fingerprint density at radius 3 is 2.31 bits per heavy atom. The van der Waals surface area contributed by atoms with Gasteiger partial charge in [0, 0.05) is 32.6 Å². The van der Waals surface area contributed by atoms with Gasteiger partial charge in [0.05, 0.1) is 11.2 Å². The minimum atomic E-state index is -4.90. The van der Waals surface area contributed by atoms with E-state index in [0.29, 0.717) is 8.65 Å². The van der Waals surface area contributed by atoms with Gasteiger partial charge in [-0.25, -0.2) is 9.36 Å². The van der Waals surface area contributed by atoms with Crippen molar-refractivity contribution in [1.82, 2.24) is 22.6 Å². The van der Waals surface area contributed by atoms with Gasteiger partial charge in [-0.3, -0.25) is 9.36 Å². The van der Waals surface area contributed by atoms with E-state index in [0.717, 1.165) is 17.4 Å². The summed E-state index contributed by atoms with van der Waals surface area (Å²) in [5.41, 5.74) is -4.10. The molecule has 0 unspecified atom stereocenters. The Morgan fingerprint density at radius 1 is 1.14 bits per heavy atom. The van der Waals surface area contributed by atoms with Crippen molar-refractivity contribution in [2.24, 2.45) is 7.05 Å². The first-order chi connectivity index (χ1) is 13.3. The number of alkyl halides is 3. The van der Waals surface area contributed by atoms with Crippen LogP contribution in [0.1, 0.15) is 5.69 Å². The van der Waals surface area contributed by atoms with Crippen LogP contribution < -0.4 is 11.2 Å². The molecule has 9 nitrogen and oxygen atoms in total. The van der Waals surface area contributed by atoms with Gasteiger partial charge in [-0.2, -0.15) is 25.9 Å². The lowest BCUT2D eigenvalue weighted by Gasteiger charge is -2.14. The van der Waals surface area contributed by atoms with Crippen LogP contribution in [-0.2, 0) is 23.4 Å². The third kappa shape index (κ3) is 3.34. The molecule has 0 atom stereocenters. The molecule has 156 valence electrons. The molecule has 29 heavy (non-hydrogen) atoms. The molecule has 1 aromatic carbocycles. The molecular weight excluding hydrogens is 439 g/mol. The lowest BCUT2D eigenvalue weighted by molar-refractivity contribution is -0.144. The monoisotopic (exact) mass is 451 g/mol. The smallest absolute Gasteiger partial charge is 0.292 e. The van der Waals surface area contributed by atoms with Crippen LogP contribution in [-0.4, -0.2) is 45.1 Å². The fourth-order valence-electron chi connectivity index (χ4n) is 2.65. The maximum Gasteiger partial charge on any atom is 0.431 e. The molecule has 0 bridgehead atoms. The minimum absolute atomic E-state index is 0.0601. The summed E-state index contributed by atoms with van der Waals surface area (Å²) >= 11 is 5.97. The van der Waals surface area contributed by atoms with Gasteiger partial charge < -0.3 is 0 Å². The number of rotatable bonds is 3. The first-order valence-corrected chi connectivity index (χ1v) is 9.56.